The first-order chi connectivity index (χ1) is 15.8. The standard InChI is InChI=1S/C28H27NO4/c1-17-14-15-27(32)28(18(17)2)33-22-9-5-8-21(16-22)29(23-10-6-12-25(30)19(23)3)24-11-7-13-26(31)20(24)4/h5-16,30-32H,1-4H3. The van der Waals surface area contributed by atoms with Crippen LogP contribution in [0.25, 0.3) is 0 Å². The van der Waals surface area contributed by atoms with Gasteiger partial charge in [-0.3, -0.25) is 0 Å². The molecular formula is C28H27NO4. The molecule has 0 aliphatic rings. The van der Waals surface area contributed by atoms with E-state index in [1.54, 1.807) is 30.3 Å². The van der Waals surface area contributed by atoms with E-state index in [2.05, 4.69) is 0 Å². The Kier molecular flexibility index (Phi) is 5.88. The van der Waals surface area contributed by atoms with Crippen molar-refractivity contribution in [2.45, 2.75) is 27.7 Å². The Morgan fingerprint density at radius 1 is 0.606 bits per heavy atom. The van der Waals surface area contributed by atoms with E-state index in [1.165, 1.54) is 0 Å². The maximum absolute atomic E-state index is 10.4. The van der Waals surface area contributed by atoms with Gasteiger partial charge in [0.2, 0.25) is 0 Å². The summed E-state index contributed by atoms with van der Waals surface area (Å²) in [7, 11) is 0. The molecule has 0 atom stereocenters. The van der Waals surface area contributed by atoms with E-state index in [0.29, 0.717) is 22.6 Å². The van der Waals surface area contributed by atoms with Crippen LogP contribution < -0.4 is 9.64 Å². The first kappa shape index (κ1) is 22.1. The molecule has 0 heterocycles. The minimum Gasteiger partial charge on any atom is -0.508 e. The Morgan fingerprint density at radius 3 is 1.79 bits per heavy atom. The summed E-state index contributed by atoms with van der Waals surface area (Å²) in [4.78, 5) is 1.97. The van der Waals surface area contributed by atoms with Crippen LogP contribution >= 0.6 is 0 Å². The number of hydrogen-bond acceptors (Lipinski definition) is 5. The second-order valence-corrected chi connectivity index (χ2v) is 8.13. The van der Waals surface area contributed by atoms with Gasteiger partial charge in [-0.25, -0.2) is 0 Å². The molecule has 4 rings (SSSR count). The lowest BCUT2D eigenvalue weighted by atomic mass is 10.1. The van der Waals surface area contributed by atoms with E-state index < -0.39 is 0 Å². The van der Waals surface area contributed by atoms with Gasteiger partial charge >= 0.3 is 0 Å². The van der Waals surface area contributed by atoms with E-state index in [0.717, 1.165) is 28.2 Å². The molecule has 0 fully saturated rings. The van der Waals surface area contributed by atoms with Gasteiger partial charge < -0.3 is 25.0 Å². The Labute approximate surface area is 193 Å². The lowest BCUT2D eigenvalue weighted by molar-refractivity contribution is 0.408. The van der Waals surface area contributed by atoms with Crippen LogP contribution in [0.1, 0.15) is 22.3 Å². The SMILES string of the molecule is Cc1ccc(O)c(Oc2cccc(N(c3cccc(O)c3C)c3cccc(O)c3C)c2)c1C. The second kappa shape index (κ2) is 8.79. The fourth-order valence-corrected chi connectivity index (χ4v) is 3.82. The number of hydrogen-bond donors (Lipinski definition) is 3. The number of phenolic OH excluding ortho intramolecular Hbond substituents is 3. The molecule has 4 aromatic rings. The predicted molar refractivity (Wildman–Crippen MR) is 132 cm³/mol. The molecule has 0 aromatic heterocycles. The lowest BCUT2D eigenvalue weighted by Gasteiger charge is -2.29. The van der Waals surface area contributed by atoms with Crippen molar-refractivity contribution in [2.75, 3.05) is 4.90 Å². The molecule has 0 saturated carbocycles. The van der Waals surface area contributed by atoms with Crippen LogP contribution in [-0.2, 0) is 0 Å². The van der Waals surface area contributed by atoms with Gasteiger partial charge in [-0.05, 0) is 81.3 Å². The summed E-state index contributed by atoms with van der Waals surface area (Å²) in [5.74, 6) is 1.41. The van der Waals surface area contributed by atoms with Crippen LogP contribution in [-0.4, -0.2) is 15.3 Å². The summed E-state index contributed by atoms with van der Waals surface area (Å²) in [6.45, 7) is 7.58. The fourth-order valence-electron chi connectivity index (χ4n) is 3.82. The Hall–Kier alpha value is -4.12. The van der Waals surface area contributed by atoms with Crippen molar-refractivity contribution < 1.29 is 20.1 Å². The highest BCUT2D eigenvalue weighted by molar-refractivity contribution is 5.82. The summed E-state index contributed by atoms with van der Waals surface area (Å²) in [6, 6.07) is 21.7. The van der Waals surface area contributed by atoms with E-state index in [1.807, 2.05) is 75.1 Å². The number of benzene rings is 4. The first-order valence-corrected chi connectivity index (χ1v) is 10.7. The Bertz CT molecular complexity index is 1280. The molecule has 3 N–H and O–H groups in total. The molecule has 0 aliphatic carbocycles. The van der Waals surface area contributed by atoms with Gasteiger partial charge in [-0.1, -0.05) is 24.3 Å². The topological polar surface area (TPSA) is 73.2 Å². The number of rotatable bonds is 5. The summed E-state index contributed by atoms with van der Waals surface area (Å²) in [5.41, 5.74) is 5.62. The van der Waals surface area contributed by atoms with Crippen molar-refractivity contribution in [3.05, 3.63) is 95.1 Å². The van der Waals surface area contributed by atoms with Crippen molar-refractivity contribution in [2.24, 2.45) is 0 Å². The molecule has 0 aliphatic heterocycles. The number of aromatic hydroxyl groups is 3. The number of anilines is 3. The van der Waals surface area contributed by atoms with Gasteiger partial charge in [0.1, 0.15) is 17.2 Å². The normalized spacial score (nSPS) is 10.8. The summed E-state index contributed by atoms with van der Waals surface area (Å²) >= 11 is 0. The highest BCUT2D eigenvalue weighted by Gasteiger charge is 2.20. The van der Waals surface area contributed by atoms with Crippen molar-refractivity contribution in [1.82, 2.24) is 0 Å². The molecule has 33 heavy (non-hydrogen) atoms. The van der Waals surface area contributed by atoms with Crippen LogP contribution in [0.2, 0.25) is 0 Å². The average Bonchev–Trinajstić information content (AvgIpc) is 2.80. The zero-order valence-corrected chi connectivity index (χ0v) is 19.1. The van der Waals surface area contributed by atoms with Crippen molar-refractivity contribution in [3.63, 3.8) is 0 Å². The van der Waals surface area contributed by atoms with Crippen molar-refractivity contribution >= 4 is 17.1 Å². The predicted octanol–water partition coefficient (Wildman–Crippen LogP) is 7.30. The maximum Gasteiger partial charge on any atom is 0.172 e. The largest absolute Gasteiger partial charge is 0.508 e. The average molecular weight is 442 g/mol. The van der Waals surface area contributed by atoms with Crippen LogP contribution in [0.15, 0.2) is 72.8 Å². The molecule has 0 bridgehead atoms. The van der Waals surface area contributed by atoms with Crippen LogP contribution in [0.4, 0.5) is 17.1 Å². The van der Waals surface area contributed by atoms with Crippen LogP contribution in [0, 0.1) is 27.7 Å². The van der Waals surface area contributed by atoms with Gasteiger partial charge in [0.05, 0.1) is 11.4 Å². The van der Waals surface area contributed by atoms with Crippen molar-refractivity contribution in [3.8, 4) is 28.7 Å². The quantitative estimate of drug-likeness (QED) is 0.303. The number of nitrogens with zero attached hydrogens (tertiary/aromatic N) is 1. The van der Waals surface area contributed by atoms with Crippen LogP contribution in [0.3, 0.4) is 0 Å². The molecule has 0 spiro atoms. The minimum atomic E-state index is 0.0769. The van der Waals surface area contributed by atoms with Gasteiger partial charge in [0.25, 0.3) is 0 Å². The summed E-state index contributed by atoms with van der Waals surface area (Å²) in [6.07, 6.45) is 0. The van der Waals surface area contributed by atoms with Gasteiger partial charge in [0.15, 0.2) is 11.5 Å². The summed E-state index contributed by atoms with van der Waals surface area (Å²) < 4.78 is 6.12. The zero-order chi connectivity index (χ0) is 23.7. The third-order valence-corrected chi connectivity index (χ3v) is 5.99. The highest BCUT2D eigenvalue weighted by atomic mass is 16.5. The number of ether oxygens (including phenoxy) is 1. The monoisotopic (exact) mass is 441 g/mol. The van der Waals surface area contributed by atoms with E-state index in [-0.39, 0.29) is 17.2 Å². The maximum atomic E-state index is 10.4. The molecule has 0 amide bonds. The van der Waals surface area contributed by atoms with Gasteiger partial charge in [-0.2, -0.15) is 0 Å². The zero-order valence-electron chi connectivity index (χ0n) is 19.1. The van der Waals surface area contributed by atoms with Gasteiger partial charge in [0, 0.05) is 22.9 Å². The fraction of sp³-hybridized carbons (Fsp3) is 0.143. The molecule has 168 valence electrons. The van der Waals surface area contributed by atoms with Crippen LogP contribution in [0.5, 0.6) is 28.7 Å². The minimum absolute atomic E-state index is 0.0769. The van der Waals surface area contributed by atoms with Gasteiger partial charge in [-0.15, -0.1) is 0 Å². The highest BCUT2D eigenvalue weighted by Crippen LogP contribution is 2.43. The molecule has 4 aromatic carbocycles. The number of aryl methyl sites for hydroxylation is 1. The molecular weight excluding hydrogens is 414 g/mol. The Morgan fingerprint density at radius 2 is 1.18 bits per heavy atom. The van der Waals surface area contributed by atoms with E-state index in [9.17, 15) is 15.3 Å². The van der Waals surface area contributed by atoms with Crippen molar-refractivity contribution in [1.29, 1.82) is 0 Å². The lowest BCUT2D eigenvalue weighted by Crippen LogP contribution is -2.12. The molecule has 5 heteroatoms. The molecule has 0 unspecified atom stereocenters. The third-order valence-electron chi connectivity index (χ3n) is 5.99. The van der Waals surface area contributed by atoms with E-state index in [4.69, 9.17) is 4.74 Å². The Balaban J connectivity index is 1.87. The number of phenols is 3. The molecule has 0 saturated heterocycles. The van der Waals surface area contributed by atoms with E-state index >= 15 is 0 Å². The molecule has 5 nitrogen and oxygen atoms in total. The molecule has 0 radical (unpaired) electrons. The second-order valence-electron chi connectivity index (χ2n) is 8.13. The summed E-state index contributed by atoms with van der Waals surface area (Å²) in [5, 5.41) is 31.1. The first-order valence-electron chi connectivity index (χ1n) is 10.7. The smallest absolute Gasteiger partial charge is 0.172 e. The third kappa shape index (κ3) is 4.17.